The van der Waals surface area contributed by atoms with Crippen molar-refractivity contribution < 1.29 is 4.52 Å². The molecule has 0 fully saturated rings. The van der Waals surface area contributed by atoms with E-state index >= 15 is 0 Å². The van der Waals surface area contributed by atoms with Crippen LogP contribution in [0.1, 0.15) is 46.6 Å². The van der Waals surface area contributed by atoms with E-state index in [0.29, 0.717) is 5.89 Å². The number of benzene rings is 1. The first-order chi connectivity index (χ1) is 8.58. The van der Waals surface area contributed by atoms with Gasteiger partial charge in [-0.15, -0.1) is 0 Å². The molecule has 0 spiro atoms. The van der Waals surface area contributed by atoms with E-state index in [1.807, 2.05) is 0 Å². The van der Waals surface area contributed by atoms with Crippen LogP contribution in [0, 0.1) is 13.8 Å². The zero-order valence-electron chi connectivity index (χ0n) is 10.9. The topological polar surface area (TPSA) is 38.9 Å². The minimum Gasteiger partial charge on any atom is -0.338 e. The molecule has 0 saturated heterocycles. The summed E-state index contributed by atoms with van der Waals surface area (Å²) in [5.74, 6) is 1.41. The molecule has 1 atom stereocenters. The predicted molar refractivity (Wildman–Crippen MR) is 75.0 cm³/mol. The average molecular weight is 309 g/mol. The molecule has 0 radical (unpaired) electrons. The third-order valence-electron chi connectivity index (χ3n) is 2.75. The van der Waals surface area contributed by atoms with E-state index in [0.717, 1.165) is 18.7 Å². The van der Waals surface area contributed by atoms with Crippen molar-refractivity contribution in [1.82, 2.24) is 10.1 Å². The second-order valence-electron chi connectivity index (χ2n) is 4.60. The first kappa shape index (κ1) is 13.3. The Bertz CT molecular complexity index is 516. The summed E-state index contributed by atoms with van der Waals surface area (Å²) in [4.78, 5) is 4.56. The molecular formula is C14H17BrN2O. The number of alkyl halides is 1. The number of nitrogens with zero attached hydrogens (tertiary/aromatic N) is 2. The second kappa shape index (κ2) is 5.65. The molecule has 96 valence electrons. The van der Waals surface area contributed by atoms with Gasteiger partial charge in [0.1, 0.15) is 0 Å². The van der Waals surface area contributed by atoms with Gasteiger partial charge in [-0.05, 0) is 25.8 Å². The van der Waals surface area contributed by atoms with Crippen molar-refractivity contribution in [2.24, 2.45) is 0 Å². The van der Waals surface area contributed by atoms with Crippen LogP contribution in [0.25, 0.3) is 0 Å². The molecule has 0 bridgehead atoms. The van der Waals surface area contributed by atoms with Crippen LogP contribution in [0.4, 0.5) is 0 Å². The lowest BCUT2D eigenvalue weighted by Crippen LogP contribution is -1.94. The fourth-order valence-corrected chi connectivity index (χ4v) is 2.18. The van der Waals surface area contributed by atoms with Gasteiger partial charge in [-0.2, -0.15) is 4.98 Å². The lowest BCUT2D eigenvalue weighted by atomic mass is 10.1. The molecule has 3 nitrogen and oxygen atoms in total. The summed E-state index contributed by atoms with van der Waals surface area (Å²) in [5, 5.41) is 4.02. The van der Waals surface area contributed by atoms with Gasteiger partial charge in [-0.25, -0.2) is 0 Å². The van der Waals surface area contributed by atoms with Gasteiger partial charge in [-0.1, -0.05) is 57.3 Å². The van der Waals surface area contributed by atoms with Crippen LogP contribution in [0.2, 0.25) is 0 Å². The fraction of sp³-hybridized carbons (Fsp3) is 0.429. The molecule has 2 aromatic rings. The Labute approximate surface area is 116 Å². The highest BCUT2D eigenvalue weighted by Crippen LogP contribution is 2.24. The summed E-state index contributed by atoms with van der Waals surface area (Å²) < 4.78 is 5.24. The number of hydrogen-bond acceptors (Lipinski definition) is 3. The van der Waals surface area contributed by atoms with Crippen molar-refractivity contribution in [1.29, 1.82) is 0 Å². The van der Waals surface area contributed by atoms with E-state index in [4.69, 9.17) is 4.52 Å². The first-order valence-corrected chi connectivity index (χ1v) is 7.03. The van der Waals surface area contributed by atoms with Crippen LogP contribution in [-0.2, 0) is 6.42 Å². The predicted octanol–water partition coefficient (Wildman–Crippen LogP) is 4.12. The van der Waals surface area contributed by atoms with Gasteiger partial charge in [0.25, 0.3) is 0 Å². The zero-order valence-corrected chi connectivity index (χ0v) is 12.5. The Morgan fingerprint density at radius 1 is 1.22 bits per heavy atom. The third kappa shape index (κ3) is 3.19. The smallest absolute Gasteiger partial charge is 0.240 e. The van der Waals surface area contributed by atoms with Crippen molar-refractivity contribution in [3.05, 3.63) is 46.6 Å². The van der Waals surface area contributed by atoms with Crippen LogP contribution in [0.5, 0.6) is 0 Å². The number of rotatable bonds is 4. The van der Waals surface area contributed by atoms with Crippen LogP contribution >= 0.6 is 15.9 Å². The molecule has 0 aliphatic rings. The Balaban J connectivity index is 2.16. The van der Waals surface area contributed by atoms with Crippen molar-refractivity contribution in [2.45, 2.75) is 38.4 Å². The Hall–Kier alpha value is -1.16. The maximum absolute atomic E-state index is 5.24. The van der Waals surface area contributed by atoms with Gasteiger partial charge < -0.3 is 4.52 Å². The van der Waals surface area contributed by atoms with E-state index in [1.54, 1.807) is 0 Å². The fourth-order valence-electron chi connectivity index (χ4n) is 1.99. The van der Waals surface area contributed by atoms with E-state index in [2.05, 4.69) is 65.0 Å². The van der Waals surface area contributed by atoms with Gasteiger partial charge in [-0.3, -0.25) is 0 Å². The van der Waals surface area contributed by atoms with E-state index in [-0.39, 0.29) is 4.83 Å². The molecule has 18 heavy (non-hydrogen) atoms. The van der Waals surface area contributed by atoms with Gasteiger partial charge >= 0.3 is 0 Å². The lowest BCUT2D eigenvalue weighted by molar-refractivity contribution is 0.372. The molecule has 1 heterocycles. The van der Waals surface area contributed by atoms with Crippen LogP contribution in [0.3, 0.4) is 0 Å². The van der Waals surface area contributed by atoms with Crippen LogP contribution in [0.15, 0.2) is 22.7 Å². The molecule has 2 rings (SSSR count). The molecule has 0 N–H and O–H groups in total. The van der Waals surface area contributed by atoms with Gasteiger partial charge in [0.2, 0.25) is 5.89 Å². The Morgan fingerprint density at radius 2 is 1.89 bits per heavy atom. The van der Waals surface area contributed by atoms with Crippen molar-refractivity contribution in [2.75, 3.05) is 0 Å². The highest BCUT2D eigenvalue weighted by molar-refractivity contribution is 9.09. The van der Waals surface area contributed by atoms with Crippen molar-refractivity contribution in [3.63, 3.8) is 0 Å². The van der Waals surface area contributed by atoms with Gasteiger partial charge in [0, 0.05) is 6.42 Å². The van der Waals surface area contributed by atoms with Crippen molar-refractivity contribution in [3.8, 4) is 0 Å². The highest BCUT2D eigenvalue weighted by atomic mass is 79.9. The van der Waals surface area contributed by atoms with E-state index in [9.17, 15) is 0 Å². The second-order valence-corrected chi connectivity index (χ2v) is 5.70. The molecule has 0 aliphatic heterocycles. The summed E-state index contributed by atoms with van der Waals surface area (Å²) >= 11 is 3.51. The van der Waals surface area contributed by atoms with E-state index in [1.165, 1.54) is 16.7 Å². The summed E-state index contributed by atoms with van der Waals surface area (Å²) in [6, 6.07) is 6.49. The Morgan fingerprint density at radius 3 is 2.50 bits per heavy atom. The summed E-state index contributed by atoms with van der Waals surface area (Å²) in [6.07, 6.45) is 1.65. The highest BCUT2D eigenvalue weighted by Gasteiger charge is 2.14. The summed E-state index contributed by atoms with van der Waals surface area (Å²) in [7, 11) is 0. The Kier molecular flexibility index (Phi) is 4.17. The quantitative estimate of drug-likeness (QED) is 0.797. The summed E-state index contributed by atoms with van der Waals surface area (Å²) in [6.45, 7) is 6.28. The first-order valence-electron chi connectivity index (χ1n) is 6.12. The van der Waals surface area contributed by atoms with Crippen LogP contribution in [-0.4, -0.2) is 10.1 Å². The molecule has 1 aromatic carbocycles. The normalized spacial score (nSPS) is 12.7. The lowest BCUT2D eigenvalue weighted by Gasteiger charge is -2.02. The number of hydrogen-bond donors (Lipinski definition) is 0. The number of aromatic nitrogens is 2. The minimum atomic E-state index is 0.151. The molecule has 0 saturated carbocycles. The maximum Gasteiger partial charge on any atom is 0.240 e. The SMILES string of the molecule is CCC(Br)c1nc(Cc2cc(C)cc(C)c2)no1. The number of aryl methyl sites for hydroxylation is 2. The average Bonchev–Trinajstić information content (AvgIpc) is 2.75. The third-order valence-corrected chi connectivity index (χ3v) is 3.79. The monoisotopic (exact) mass is 308 g/mol. The molecular weight excluding hydrogens is 292 g/mol. The molecule has 4 heteroatoms. The molecule has 0 aliphatic carbocycles. The van der Waals surface area contributed by atoms with E-state index < -0.39 is 0 Å². The standard InChI is InChI=1S/C14H17BrN2O/c1-4-12(15)14-16-13(17-18-14)8-11-6-9(2)5-10(3)7-11/h5-7,12H,4,8H2,1-3H3. The minimum absolute atomic E-state index is 0.151. The van der Waals surface area contributed by atoms with Crippen LogP contribution < -0.4 is 0 Å². The maximum atomic E-state index is 5.24. The van der Waals surface area contributed by atoms with Gasteiger partial charge in [0.05, 0.1) is 4.83 Å². The molecule has 1 aromatic heterocycles. The largest absolute Gasteiger partial charge is 0.338 e. The number of halogens is 1. The zero-order chi connectivity index (χ0) is 13.1. The van der Waals surface area contributed by atoms with Crippen molar-refractivity contribution >= 4 is 15.9 Å². The summed E-state index contributed by atoms with van der Waals surface area (Å²) in [5.41, 5.74) is 3.75. The molecule has 1 unspecified atom stereocenters. The molecule has 0 amide bonds. The van der Waals surface area contributed by atoms with Gasteiger partial charge in [0.15, 0.2) is 5.82 Å².